The van der Waals surface area contributed by atoms with Crippen molar-refractivity contribution in [3.05, 3.63) is 76.1 Å². The number of phenolic OH excluding ortho intramolecular Hbond substituents is 1. The van der Waals surface area contributed by atoms with E-state index in [1.165, 1.54) is 26.5 Å². The first-order valence-electron chi connectivity index (χ1n) is 11.8. The van der Waals surface area contributed by atoms with Gasteiger partial charge in [0.1, 0.15) is 34.5 Å². The second-order valence-electron chi connectivity index (χ2n) is 9.03. The maximum Gasteiger partial charge on any atom is 0.312 e. The van der Waals surface area contributed by atoms with Gasteiger partial charge in [0.25, 0.3) is 0 Å². The molecule has 1 N–H and O–H groups in total. The van der Waals surface area contributed by atoms with Crippen LogP contribution in [0.15, 0.2) is 64.0 Å². The molecule has 0 amide bonds. The standard InChI is InChI=1S/C29H26O8/c1-15(2)36-18-8-5-16(6-9-18)19-12-25(31)37-24-13-21(30)27-28(32)20(14-35-29(27)26(19)24)17-7-10-22(33-3)23(11-17)34-4/h5-11,13-15,19,30H,12H2,1-4H3/t19-/m1/s1. The lowest BCUT2D eigenvalue weighted by atomic mass is 9.85. The third kappa shape index (κ3) is 4.35. The van der Waals surface area contributed by atoms with Crippen molar-refractivity contribution in [1.82, 2.24) is 0 Å². The van der Waals surface area contributed by atoms with Crippen LogP contribution in [0.3, 0.4) is 0 Å². The Morgan fingerprint density at radius 2 is 1.70 bits per heavy atom. The molecule has 5 rings (SSSR count). The van der Waals surface area contributed by atoms with Gasteiger partial charge in [0, 0.05) is 17.5 Å². The van der Waals surface area contributed by atoms with E-state index in [4.69, 9.17) is 23.4 Å². The van der Waals surface area contributed by atoms with E-state index in [0.29, 0.717) is 28.4 Å². The van der Waals surface area contributed by atoms with Crippen molar-refractivity contribution in [2.24, 2.45) is 0 Å². The van der Waals surface area contributed by atoms with E-state index >= 15 is 0 Å². The monoisotopic (exact) mass is 502 g/mol. The van der Waals surface area contributed by atoms with Gasteiger partial charge in [0.2, 0.25) is 5.43 Å². The van der Waals surface area contributed by atoms with Gasteiger partial charge >= 0.3 is 5.97 Å². The first-order valence-corrected chi connectivity index (χ1v) is 11.8. The fourth-order valence-corrected chi connectivity index (χ4v) is 4.67. The molecule has 190 valence electrons. The summed E-state index contributed by atoms with van der Waals surface area (Å²) in [6.07, 6.45) is 1.43. The highest BCUT2D eigenvalue weighted by Crippen LogP contribution is 2.46. The van der Waals surface area contributed by atoms with E-state index in [-0.39, 0.29) is 40.6 Å². The topological polar surface area (TPSA) is 104 Å². The van der Waals surface area contributed by atoms with Crippen LogP contribution in [0.5, 0.6) is 28.7 Å². The van der Waals surface area contributed by atoms with Gasteiger partial charge in [-0.05, 0) is 49.2 Å². The summed E-state index contributed by atoms with van der Waals surface area (Å²) in [5.41, 5.74) is 1.88. The molecule has 1 aliphatic heterocycles. The number of methoxy groups -OCH3 is 2. The molecule has 0 unspecified atom stereocenters. The number of ether oxygens (including phenoxy) is 4. The summed E-state index contributed by atoms with van der Waals surface area (Å²) in [7, 11) is 3.03. The Kier molecular flexibility index (Phi) is 6.25. The van der Waals surface area contributed by atoms with Crippen LogP contribution in [0.25, 0.3) is 22.1 Å². The zero-order chi connectivity index (χ0) is 26.3. The van der Waals surface area contributed by atoms with Crippen molar-refractivity contribution < 1.29 is 33.3 Å². The normalized spacial score (nSPS) is 14.8. The summed E-state index contributed by atoms with van der Waals surface area (Å²) >= 11 is 0. The molecule has 1 aliphatic rings. The predicted octanol–water partition coefficient (Wildman–Crippen LogP) is 5.41. The molecule has 1 atom stereocenters. The number of esters is 1. The van der Waals surface area contributed by atoms with Crippen molar-refractivity contribution >= 4 is 16.9 Å². The molecule has 0 bridgehead atoms. The van der Waals surface area contributed by atoms with Crippen LogP contribution >= 0.6 is 0 Å². The highest BCUT2D eigenvalue weighted by atomic mass is 16.5. The fourth-order valence-electron chi connectivity index (χ4n) is 4.67. The van der Waals surface area contributed by atoms with Gasteiger partial charge in [-0.2, -0.15) is 0 Å². The minimum Gasteiger partial charge on any atom is -0.507 e. The van der Waals surface area contributed by atoms with Crippen LogP contribution in [0, 0.1) is 0 Å². The van der Waals surface area contributed by atoms with E-state index in [0.717, 1.165) is 5.56 Å². The minimum atomic E-state index is -0.442. The Morgan fingerprint density at radius 1 is 0.973 bits per heavy atom. The molecule has 0 fully saturated rings. The summed E-state index contributed by atoms with van der Waals surface area (Å²) < 4.78 is 27.8. The van der Waals surface area contributed by atoms with Crippen LogP contribution in [0.1, 0.15) is 37.3 Å². The van der Waals surface area contributed by atoms with Crippen molar-refractivity contribution in [3.63, 3.8) is 0 Å². The number of benzene rings is 3. The molecule has 1 aromatic heterocycles. The van der Waals surface area contributed by atoms with E-state index in [9.17, 15) is 14.7 Å². The third-order valence-electron chi connectivity index (χ3n) is 6.32. The minimum absolute atomic E-state index is 0.00810. The maximum atomic E-state index is 13.6. The van der Waals surface area contributed by atoms with Crippen molar-refractivity contribution in [1.29, 1.82) is 0 Å². The number of hydrogen-bond acceptors (Lipinski definition) is 8. The van der Waals surface area contributed by atoms with Gasteiger partial charge in [0.05, 0.1) is 32.3 Å². The molecule has 0 radical (unpaired) electrons. The van der Waals surface area contributed by atoms with E-state index in [1.54, 1.807) is 18.2 Å². The Morgan fingerprint density at radius 3 is 2.38 bits per heavy atom. The van der Waals surface area contributed by atoms with Crippen LogP contribution in [0.4, 0.5) is 0 Å². The molecular weight excluding hydrogens is 476 g/mol. The Hall–Kier alpha value is -4.46. The first kappa shape index (κ1) is 24.2. The SMILES string of the molecule is COc1ccc(-c2coc3c4c(cc(O)c3c2=O)OC(=O)C[C@@H]4c2ccc(OC(C)C)cc2)cc1OC. The fraction of sp³-hybridized carbons (Fsp3) is 0.241. The Balaban J connectivity index is 1.67. The number of hydrogen-bond donors (Lipinski definition) is 1. The largest absolute Gasteiger partial charge is 0.507 e. The average molecular weight is 503 g/mol. The van der Waals surface area contributed by atoms with E-state index < -0.39 is 17.3 Å². The van der Waals surface area contributed by atoms with Crippen molar-refractivity contribution in [2.75, 3.05) is 14.2 Å². The zero-order valence-electron chi connectivity index (χ0n) is 20.9. The maximum absolute atomic E-state index is 13.6. The summed E-state index contributed by atoms with van der Waals surface area (Å²) in [5, 5.41) is 10.8. The summed E-state index contributed by atoms with van der Waals surface area (Å²) in [6.45, 7) is 3.89. The third-order valence-corrected chi connectivity index (χ3v) is 6.32. The van der Waals surface area contributed by atoms with Crippen LogP contribution in [0.2, 0.25) is 0 Å². The molecular formula is C29H26O8. The lowest BCUT2D eigenvalue weighted by Gasteiger charge is -2.26. The van der Waals surface area contributed by atoms with Gasteiger partial charge in [0.15, 0.2) is 11.5 Å². The van der Waals surface area contributed by atoms with Crippen LogP contribution < -0.4 is 24.4 Å². The molecule has 37 heavy (non-hydrogen) atoms. The number of carbonyl (C=O) groups excluding carboxylic acids is 1. The van der Waals surface area contributed by atoms with Gasteiger partial charge in [-0.1, -0.05) is 18.2 Å². The molecule has 0 saturated heterocycles. The molecule has 2 heterocycles. The second-order valence-corrected chi connectivity index (χ2v) is 9.03. The Labute approximate surface area is 213 Å². The number of phenols is 1. The molecule has 0 aliphatic carbocycles. The van der Waals surface area contributed by atoms with Crippen molar-refractivity contribution in [2.45, 2.75) is 32.3 Å². The predicted molar refractivity (Wildman–Crippen MR) is 137 cm³/mol. The first-order chi connectivity index (χ1) is 17.8. The molecule has 4 aromatic rings. The second kappa shape index (κ2) is 9.54. The molecule has 3 aromatic carbocycles. The number of aromatic hydroxyl groups is 1. The highest BCUT2D eigenvalue weighted by Gasteiger charge is 2.33. The molecule has 8 nitrogen and oxygen atoms in total. The number of carbonyl (C=O) groups is 1. The van der Waals surface area contributed by atoms with Gasteiger partial charge < -0.3 is 28.5 Å². The lowest BCUT2D eigenvalue weighted by molar-refractivity contribution is -0.135. The summed E-state index contributed by atoms with van der Waals surface area (Å²) in [6, 6.07) is 13.8. The van der Waals surface area contributed by atoms with Gasteiger partial charge in [-0.15, -0.1) is 0 Å². The number of fused-ring (bicyclic) bond motifs is 3. The van der Waals surface area contributed by atoms with E-state index in [1.807, 2.05) is 38.1 Å². The van der Waals surface area contributed by atoms with Gasteiger partial charge in [-0.3, -0.25) is 9.59 Å². The quantitative estimate of drug-likeness (QED) is 0.276. The van der Waals surface area contributed by atoms with Crippen LogP contribution in [-0.2, 0) is 4.79 Å². The molecule has 8 heteroatoms. The smallest absolute Gasteiger partial charge is 0.312 e. The lowest BCUT2D eigenvalue weighted by Crippen LogP contribution is -2.22. The van der Waals surface area contributed by atoms with Gasteiger partial charge in [-0.25, -0.2) is 0 Å². The van der Waals surface area contributed by atoms with Crippen LogP contribution in [-0.4, -0.2) is 31.4 Å². The Bertz CT molecular complexity index is 1550. The van der Waals surface area contributed by atoms with Crippen molar-refractivity contribution in [3.8, 4) is 39.9 Å². The zero-order valence-corrected chi connectivity index (χ0v) is 20.9. The van der Waals surface area contributed by atoms with E-state index in [2.05, 4.69) is 0 Å². The highest BCUT2D eigenvalue weighted by molar-refractivity contribution is 5.94. The summed E-state index contributed by atoms with van der Waals surface area (Å²) in [4.78, 5) is 26.1. The summed E-state index contributed by atoms with van der Waals surface area (Å²) in [5.74, 6) is 0.619. The molecule has 0 spiro atoms. The number of rotatable bonds is 6. The average Bonchev–Trinajstić information content (AvgIpc) is 2.87. The molecule has 0 saturated carbocycles.